The third-order valence-electron chi connectivity index (χ3n) is 4.44. The van der Waals surface area contributed by atoms with Crippen LogP contribution in [-0.2, 0) is 11.3 Å². The average molecular weight is 352 g/mol. The molecule has 1 atom stereocenters. The van der Waals surface area contributed by atoms with Gasteiger partial charge in [-0.25, -0.2) is 0 Å². The number of benzene rings is 2. The molecule has 5 heteroatoms. The lowest BCUT2D eigenvalue weighted by Gasteiger charge is -2.11. The van der Waals surface area contributed by atoms with E-state index in [1.54, 1.807) is 24.3 Å². The minimum Gasteiger partial charge on any atom is -0.376 e. The van der Waals surface area contributed by atoms with Crippen LogP contribution in [0, 0.1) is 6.92 Å². The van der Waals surface area contributed by atoms with E-state index < -0.39 is 0 Å². The highest BCUT2D eigenvalue weighted by atomic mass is 16.5. The molecular formula is C21H24N2O3. The van der Waals surface area contributed by atoms with Crippen LogP contribution in [0.25, 0.3) is 0 Å². The summed E-state index contributed by atoms with van der Waals surface area (Å²) in [6, 6.07) is 14.8. The molecule has 2 aromatic carbocycles. The first-order valence-corrected chi connectivity index (χ1v) is 8.95. The van der Waals surface area contributed by atoms with E-state index in [9.17, 15) is 9.59 Å². The van der Waals surface area contributed by atoms with Crippen molar-refractivity contribution in [1.82, 2.24) is 10.6 Å². The van der Waals surface area contributed by atoms with Gasteiger partial charge in [-0.05, 0) is 43.5 Å². The highest BCUT2D eigenvalue weighted by Gasteiger charge is 2.17. The summed E-state index contributed by atoms with van der Waals surface area (Å²) in [5.41, 5.74) is 3.15. The van der Waals surface area contributed by atoms with E-state index in [0.717, 1.165) is 30.6 Å². The molecule has 1 aliphatic heterocycles. The first kappa shape index (κ1) is 18.1. The summed E-state index contributed by atoms with van der Waals surface area (Å²) < 4.78 is 5.50. The van der Waals surface area contributed by atoms with Gasteiger partial charge in [0.25, 0.3) is 11.8 Å². The van der Waals surface area contributed by atoms with E-state index in [2.05, 4.69) is 10.6 Å². The quantitative estimate of drug-likeness (QED) is 0.840. The van der Waals surface area contributed by atoms with Crippen molar-refractivity contribution in [2.24, 2.45) is 0 Å². The van der Waals surface area contributed by atoms with Gasteiger partial charge in [0, 0.05) is 30.8 Å². The van der Waals surface area contributed by atoms with E-state index in [1.165, 1.54) is 0 Å². The Morgan fingerprint density at radius 2 is 1.77 bits per heavy atom. The first-order chi connectivity index (χ1) is 12.6. The number of carbonyl (C=O) groups is 2. The number of carbonyl (C=O) groups excluding carboxylic acids is 2. The normalized spacial score (nSPS) is 16.3. The van der Waals surface area contributed by atoms with Crippen LogP contribution in [0.5, 0.6) is 0 Å². The zero-order valence-corrected chi connectivity index (χ0v) is 15.0. The summed E-state index contributed by atoms with van der Waals surface area (Å²) in [5, 5.41) is 5.77. The molecule has 0 spiro atoms. The Labute approximate surface area is 153 Å². The second-order valence-corrected chi connectivity index (χ2v) is 6.60. The molecule has 26 heavy (non-hydrogen) atoms. The van der Waals surface area contributed by atoms with Crippen LogP contribution >= 0.6 is 0 Å². The molecule has 1 heterocycles. The molecule has 0 bridgehead atoms. The van der Waals surface area contributed by atoms with Crippen LogP contribution in [0.4, 0.5) is 0 Å². The predicted molar refractivity (Wildman–Crippen MR) is 100 cm³/mol. The number of ether oxygens (including phenoxy) is 1. The molecule has 1 aliphatic rings. The van der Waals surface area contributed by atoms with Crippen LogP contribution < -0.4 is 10.6 Å². The fourth-order valence-electron chi connectivity index (χ4n) is 3.02. The zero-order chi connectivity index (χ0) is 18.4. The number of rotatable bonds is 6. The minimum absolute atomic E-state index is 0.0970. The van der Waals surface area contributed by atoms with Gasteiger partial charge in [-0.15, -0.1) is 0 Å². The Morgan fingerprint density at radius 1 is 1.04 bits per heavy atom. The van der Waals surface area contributed by atoms with Gasteiger partial charge in [-0.1, -0.05) is 35.9 Å². The second kappa shape index (κ2) is 8.63. The fourth-order valence-corrected chi connectivity index (χ4v) is 3.02. The molecule has 136 valence electrons. The molecule has 5 nitrogen and oxygen atoms in total. The number of hydrogen-bond acceptors (Lipinski definition) is 3. The lowest BCUT2D eigenvalue weighted by Crippen LogP contribution is -2.32. The van der Waals surface area contributed by atoms with Gasteiger partial charge in [0.1, 0.15) is 0 Å². The van der Waals surface area contributed by atoms with E-state index in [1.807, 2.05) is 31.2 Å². The lowest BCUT2D eigenvalue weighted by atomic mass is 10.1. The Morgan fingerprint density at radius 3 is 2.46 bits per heavy atom. The fraction of sp³-hybridized carbons (Fsp3) is 0.333. The average Bonchev–Trinajstić information content (AvgIpc) is 3.18. The molecule has 0 aliphatic carbocycles. The van der Waals surface area contributed by atoms with Gasteiger partial charge < -0.3 is 15.4 Å². The summed E-state index contributed by atoms with van der Waals surface area (Å²) >= 11 is 0. The van der Waals surface area contributed by atoms with Crippen molar-refractivity contribution in [2.45, 2.75) is 32.4 Å². The van der Waals surface area contributed by atoms with Gasteiger partial charge in [0.05, 0.1) is 6.10 Å². The molecule has 2 N–H and O–H groups in total. The Balaban J connectivity index is 1.56. The summed E-state index contributed by atoms with van der Waals surface area (Å²) in [6.45, 7) is 3.74. The summed E-state index contributed by atoms with van der Waals surface area (Å²) in [5.74, 6) is -0.380. The van der Waals surface area contributed by atoms with Gasteiger partial charge in [0.2, 0.25) is 0 Å². The molecule has 0 aromatic heterocycles. The maximum absolute atomic E-state index is 12.4. The molecule has 3 rings (SSSR count). The summed E-state index contributed by atoms with van der Waals surface area (Å²) in [4.78, 5) is 24.7. The van der Waals surface area contributed by atoms with Crippen molar-refractivity contribution in [2.75, 3.05) is 13.2 Å². The number of hydrogen-bond donors (Lipinski definition) is 2. The van der Waals surface area contributed by atoms with Crippen LogP contribution in [0.2, 0.25) is 0 Å². The Kier molecular flexibility index (Phi) is 6.02. The van der Waals surface area contributed by atoms with E-state index >= 15 is 0 Å². The standard InChI is InChI=1S/C21H24N2O3/c1-15-5-2-6-16(11-15)13-22-20(24)17-7-3-8-18(12-17)21(25)23-14-19-9-4-10-26-19/h2-3,5-8,11-12,19H,4,9-10,13-14H2,1H3,(H,22,24)(H,23,25). The summed E-state index contributed by atoms with van der Waals surface area (Å²) in [6.07, 6.45) is 2.11. The van der Waals surface area contributed by atoms with E-state index in [0.29, 0.717) is 24.2 Å². The maximum atomic E-state index is 12.4. The van der Waals surface area contributed by atoms with Gasteiger partial charge in [-0.3, -0.25) is 9.59 Å². The second-order valence-electron chi connectivity index (χ2n) is 6.60. The van der Waals surface area contributed by atoms with Crippen LogP contribution in [0.15, 0.2) is 48.5 Å². The Hall–Kier alpha value is -2.66. The highest BCUT2D eigenvalue weighted by molar-refractivity contribution is 5.99. The van der Waals surface area contributed by atoms with Crippen molar-refractivity contribution in [3.63, 3.8) is 0 Å². The van der Waals surface area contributed by atoms with Crippen molar-refractivity contribution >= 4 is 11.8 Å². The van der Waals surface area contributed by atoms with Crippen molar-refractivity contribution in [3.8, 4) is 0 Å². The first-order valence-electron chi connectivity index (χ1n) is 8.95. The van der Waals surface area contributed by atoms with E-state index in [-0.39, 0.29) is 17.9 Å². The number of nitrogens with one attached hydrogen (secondary N) is 2. The largest absolute Gasteiger partial charge is 0.376 e. The minimum atomic E-state index is -0.194. The van der Waals surface area contributed by atoms with Crippen LogP contribution in [0.3, 0.4) is 0 Å². The molecule has 1 unspecified atom stereocenters. The van der Waals surface area contributed by atoms with Crippen LogP contribution in [0.1, 0.15) is 44.7 Å². The van der Waals surface area contributed by atoms with E-state index in [4.69, 9.17) is 4.74 Å². The predicted octanol–water partition coefficient (Wildman–Crippen LogP) is 2.83. The molecule has 0 saturated carbocycles. The van der Waals surface area contributed by atoms with Gasteiger partial charge in [-0.2, -0.15) is 0 Å². The third kappa shape index (κ3) is 4.92. The highest BCUT2D eigenvalue weighted by Crippen LogP contribution is 2.11. The maximum Gasteiger partial charge on any atom is 0.251 e. The molecule has 2 amide bonds. The Bertz CT molecular complexity index is 782. The van der Waals surface area contributed by atoms with Crippen molar-refractivity contribution in [1.29, 1.82) is 0 Å². The lowest BCUT2D eigenvalue weighted by molar-refractivity contribution is 0.0857. The number of aryl methyl sites for hydroxylation is 1. The van der Waals surface area contributed by atoms with Crippen molar-refractivity contribution in [3.05, 3.63) is 70.8 Å². The topological polar surface area (TPSA) is 67.4 Å². The molecule has 0 radical (unpaired) electrons. The van der Waals surface area contributed by atoms with Crippen LogP contribution in [-0.4, -0.2) is 31.1 Å². The number of amides is 2. The van der Waals surface area contributed by atoms with Gasteiger partial charge in [0.15, 0.2) is 0 Å². The molecular weight excluding hydrogens is 328 g/mol. The third-order valence-corrected chi connectivity index (χ3v) is 4.44. The molecule has 1 saturated heterocycles. The zero-order valence-electron chi connectivity index (χ0n) is 15.0. The monoisotopic (exact) mass is 352 g/mol. The molecule has 2 aromatic rings. The smallest absolute Gasteiger partial charge is 0.251 e. The molecule has 1 fully saturated rings. The summed E-state index contributed by atoms with van der Waals surface area (Å²) in [7, 11) is 0. The SMILES string of the molecule is Cc1cccc(CNC(=O)c2cccc(C(=O)NCC3CCCO3)c2)c1. The van der Waals surface area contributed by atoms with Crippen molar-refractivity contribution < 1.29 is 14.3 Å². The van der Waals surface area contributed by atoms with Gasteiger partial charge >= 0.3 is 0 Å².